The predicted octanol–water partition coefficient (Wildman–Crippen LogP) is 3.74. The zero-order valence-corrected chi connectivity index (χ0v) is 18.7. The Morgan fingerprint density at radius 1 is 1.28 bits per heavy atom. The molecule has 2 unspecified atom stereocenters. The number of anilines is 1. The van der Waals surface area contributed by atoms with Gasteiger partial charge in [0.15, 0.2) is 15.0 Å². The minimum atomic E-state index is -3.21. The molecule has 2 saturated heterocycles. The van der Waals surface area contributed by atoms with E-state index in [0.29, 0.717) is 9.64 Å². The number of carbonyl (C=O) groups excluding carboxylic acids is 1. The van der Waals surface area contributed by atoms with Crippen molar-refractivity contribution in [3.8, 4) is 0 Å². The van der Waals surface area contributed by atoms with Crippen molar-refractivity contribution in [1.82, 2.24) is 0 Å². The fourth-order valence-corrected chi connectivity index (χ4v) is 7.92. The summed E-state index contributed by atoms with van der Waals surface area (Å²) in [6.07, 6.45) is 0.135. The Hall–Kier alpha value is -1.71. The van der Waals surface area contributed by atoms with E-state index in [0.717, 1.165) is 11.1 Å². The summed E-state index contributed by atoms with van der Waals surface area (Å²) in [6, 6.07) is 11.8. The van der Waals surface area contributed by atoms with Crippen LogP contribution >= 0.6 is 27.7 Å². The maximum Gasteiger partial charge on any atom is 0.252 e. The van der Waals surface area contributed by atoms with Crippen LogP contribution in [-0.2, 0) is 21.1 Å². The molecule has 5 nitrogen and oxygen atoms in total. The molecule has 0 spiro atoms. The molecule has 4 rings (SSSR count). The molecule has 2 aliphatic heterocycles. The average Bonchev–Trinajstić information content (AvgIpc) is 3.06. The first-order valence-electron chi connectivity index (χ1n) is 9.00. The lowest BCUT2D eigenvalue weighted by Gasteiger charge is -2.25. The van der Waals surface area contributed by atoms with Gasteiger partial charge in [-0.2, -0.15) is 4.99 Å². The maximum atomic E-state index is 14.7. The van der Waals surface area contributed by atoms with E-state index in [4.69, 9.17) is 0 Å². The van der Waals surface area contributed by atoms with Gasteiger partial charge in [0.25, 0.3) is 5.91 Å². The predicted molar refractivity (Wildman–Crippen MR) is 118 cm³/mol. The molecule has 2 aromatic carbocycles. The van der Waals surface area contributed by atoms with Gasteiger partial charge in [-0.3, -0.25) is 4.79 Å². The highest BCUT2D eigenvalue weighted by molar-refractivity contribution is 9.10. The van der Waals surface area contributed by atoms with Gasteiger partial charge in [0.1, 0.15) is 5.82 Å². The van der Waals surface area contributed by atoms with Crippen LogP contribution in [-0.4, -0.2) is 42.3 Å². The fraction of sp³-hybridized carbons (Fsp3) is 0.300. The zero-order chi connectivity index (χ0) is 20.8. The van der Waals surface area contributed by atoms with Crippen molar-refractivity contribution >= 4 is 54.3 Å². The van der Waals surface area contributed by atoms with Crippen LogP contribution in [0.2, 0.25) is 0 Å². The van der Waals surface area contributed by atoms with Crippen molar-refractivity contribution in [3.05, 3.63) is 63.9 Å². The van der Waals surface area contributed by atoms with Crippen LogP contribution in [0.5, 0.6) is 0 Å². The smallest absolute Gasteiger partial charge is 0.252 e. The molecule has 2 aromatic rings. The molecule has 29 heavy (non-hydrogen) atoms. The number of hydrogen-bond acceptors (Lipinski definition) is 4. The molecule has 1 amide bonds. The molecule has 0 aromatic heterocycles. The Morgan fingerprint density at radius 3 is 2.79 bits per heavy atom. The molecule has 2 aliphatic rings. The zero-order valence-electron chi connectivity index (χ0n) is 15.5. The van der Waals surface area contributed by atoms with Crippen molar-refractivity contribution in [3.63, 3.8) is 0 Å². The second kappa shape index (κ2) is 7.85. The number of sulfone groups is 1. The number of aliphatic imine (C=N–C) groups is 1. The van der Waals surface area contributed by atoms with Gasteiger partial charge in [0, 0.05) is 9.72 Å². The largest absolute Gasteiger partial charge is 0.313 e. The van der Waals surface area contributed by atoms with E-state index in [1.807, 2.05) is 31.2 Å². The van der Waals surface area contributed by atoms with E-state index in [2.05, 4.69) is 20.9 Å². The lowest BCUT2D eigenvalue weighted by atomic mass is 10.1. The summed E-state index contributed by atoms with van der Waals surface area (Å²) in [4.78, 5) is 18.4. The van der Waals surface area contributed by atoms with Crippen molar-refractivity contribution in [1.29, 1.82) is 0 Å². The first-order valence-corrected chi connectivity index (χ1v) is 12.5. The molecule has 0 bridgehead atoms. The first-order chi connectivity index (χ1) is 13.7. The highest BCUT2D eigenvalue weighted by atomic mass is 79.9. The van der Waals surface area contributed by atoms with E-state index in [-0.39, 0.29) is 34.8 Å². The molecule has 0 saturated carbocycles. The van der Waals surface area contributed by atoms with Gasteiger partial charge in [-0.15, -0.1) is 0 Å². The number of hydrogen-bond donors (Lipinski definition) is 0. The van der Waals surface area contributed by atoms with Crippen LogP contribution in [0.15, 0.2) is 51.9 Å². The topological polar surface area (TPSA) is 66.8 Å². The number of amidine groups is 1. The molecule has 0 aliphatic carbocycles. The number of thioether (sulfide) groups is 1. The second-order valence-corrected chi connectivity index (χ2v) is 11.5. The third-order valence-corrected chi connectivity index (χ3v) is 8.60. The SMILES string of the molecule is Cc1cccc(CC(=O)N=C2SC3CS(=O)(=O)CC3N2c2ccc(Br)cc2F)c1. The third kappa shape index (κ3) is 4.41. The number of nitrogens with zero attached hydrogens (tertiary/aromatic N) is 2. The standard InChI is InChI=1S/C20H18BrFN2O3S2/c1-12-3-2-4-13(7-12)8-19(25)23-20-24(16-6-5-14(21)9-15(16)22)17-10-29(26,27)11-18(17)28-20/h2-7,9,17-18H,8,10-11H2,1H3. The number of halogens is 2. The van der Waals surface area contributed by atoms with E-state index in [1.165, 1.54) is 17.8 Å². The molecule has 9 heteroatoms. The average molecular weight is 497 g/mol. The number of fused-ring (bicyclic) bond motifs is 1. The van der Waals surface area contributed by atoms with Crippen molar-refractivity contribution in [2.75, 3.05) is 16.4 Å². The van der Waals surface area contributed by atoms with Gasteiger partial charge in [0.05, 0.1) is 29.7 Å². The lowest BCUT2D eigenvalue weighted by molar-refractivity contribution is -0.117. The molecule has 2 heterocycles. The van der Waals surface area contributed by atoms with Crippen LogP contribution in [0.4, 0.5) is 10.1 Å². The fourth-order valence-electron chi connectivity index (χ4n) is 3.67. The summed E-state index contributed by atoms with van der Waals surface area (Å²) in [5, 5.41) is 0.0855. The van der Waals surface area contributed by atoms with Crippen molar-refractivity contribution < 1.29 is 17.6 Å². The summed E-state index contributed by atoms with van der Waals surface area (Å²) in [5.74, 6) is -0.917. The molecule has 2 atom stereocenters. The summed E-state index contributed by atoms with van der Waals surface area (Å²) in [7, 11) is -3.21. The molecule has 0 N–H and O–H groups in total. The summed E-state index contributed by atoms with van der Waals surface area (Å²) in [5.41, 5.74) is 2.13. The van der Waals surface area contributed by atoms with Crippen LogP contribution < -0.4 is 4.90 Å². The monoisotopic (exact) mass is 496 g/mol. The third-order valence-electron chi connectivity index (χ3n) is 4.89. The number of aryl methyl sites for hydroxylation is 1. The Bertz CT molecular complexity index is 1120. The maximum absolute atomic E-state index is 14.7. The first kappa shape index (κ1) is 20.6. The van der Waals surface area contributed by atoms with E-state index < -0.39 is 21.7 Å². The lowest BCUT2D eigenvalue weighted by Crippen LogP contribution is -2.38. The molecular formula is C20H18BrFN2O3S2. The minimum absolute atomic E-state index is 0.00205. The highest BCUT2D eigenvalue weighted by Gasteiger charge is 2.50. The Morgan fingerprint density at radius 2 is 2.07 bits per heavy atom. The van der Waals surface area contributed by atoms with Gasteiger partial charge >= 0.3 is 0 Å². The summed E-state index contributed by atoms with van der Waals surface area (Å²) in [6.45, 7) is 1.95. The minimum Gasteiger partial charge on any atom is -0.313 e. The number of carbonyl (C=O) groups is 1. The molecule has 0 radical (unpaired) electrons. The Labute approximate surface area is 181 Å². The van der Waals surface area contributed by atoms with Gasteiger partial charge in [0.2, 0.25) is 0 Å². The van der Waals surface area contributed by atoms with Gasteiger partial charge in [-0.1, -0.05) is 57.5 Å². The van der Waals surface area contributed by atoms with Crippen LogP contribution in [0.25, 0.3) is 0 Å². The van der Waals surface area contributed by atoms with E-state index in [9.17, 15) is 17.6 Å². The normalized spacial score (nSPS) is 24.1. The van der Waals surface area contributed by atoms with E-state index in [1.54, 1.807) is 17.0 Å². The van der Waals surface area contributed by atoms with Gasteiger partial charge in [-0.05, 0) is 30.7 Å². The van der Waals surface area contributed by atoms with Crippen LogP contribution in [0.3, 0.4) is 0 Å². The van der Waals surface area contributed by atoms with Crippen molar-refractivity contribution in [2.24, 2.45) is 4.99 Å². The van der Waals surface area contributed by atoms with Crippen LogP contribution in [0.1, 0.15) is 11.1 Å². The van der Waals surface area contributed by atoms with Gasteiger partial charge in [-0.25, -0.2) is 12.8 Å². The van der Waals surface area contributed by atoms with Crippen LogP contribution in [0, 0.1) is 12.7 Å². The highest BCUT2D eigenvalue weighted by Crippen LogP contribution is 2.42. The Balaban J connectivity index is 1.67. The quantitative estimate of drug-likeness (QED) is 0.647. The molecule has 152 valence electrons. The molecule has 2 fully saturated rings. The number of benzene rings is 2. The summed E-state index contributed by atoms with van der Waals surface area (Å²) >= 11 is 4.47. The van der Waals surface area contributed by atoms with E-state index >= 15 is 0 Å². The molecular weight excluding hydrogens is 479 g/mol. The van der Waals surface area contributed by atoms with Gasteiger partial charge < -0.3 is 4.90 Å². The number of amides is 1. The Kier molecular flexibility index (Phi) is 5.56. The summed E-state index contributed by atoms with van der Waals surface area (Å²) < 4.78 is 39.5. The number of rotatable bonds is 3. The second-order valence-electron chi connectivity index (χ2n) is 7.22. The van der Waals surface area contributed by atoms with Crippen molar-refractivity contribution in [2.45, 2.75) is 24.6 Å².